The quantitative estimate of drug-likeness (QED) is 0.684. The third-order valence-corrected chi connectivity index (χ3v) is 2.23. The molecule has 1 rings (SSSR count). The largest absolute Gasteiger partial charge is 0.330 e. The van der Waals surface area contributed by atoms with E-state index >= 15 is 0 Å². The van der Waals surface area contributed by atoms with E-state index in [4.69, 9.17) is 5.73 Å². The van der Waals surface area contributed by atoms with Crippen molar-refractivity contribution in [1.29, 1.82) is 0 Å². The van der Waals surface area contributed by atoms with Crippen LogP contribution in [0, 0.1) is 0 Å². The zero-order valence-corrected chi connectivity index (χ0v) is 7.95. The van der Waals surface area contributed by atoms with Gasteiger partial charge in [0.1, 0.15) is 0 Å². The monoisotopic (exact) mass is 175 g/mol. The van der Waals surface area contributed by atoms with Crippen LogP contribution in [0.15, 0.2) is 43.0 Å². The van der Waals surface area contributed by atoms with Crippen LogP contribution in [0.2, 0.25) is 0 Å². The average Bonchev–Trinajstić information content (AvgIpc) is 2.21. The predicted octanol–water partition coefficient (Wildman–Crippen LogP) is 2.70. The van der Waals surface area contributed by atoms with Gasteiger partial charge in [-0.25, -0.2) is 0 Å². The van der Waals surface area contributed by atoms with Crippen molar-refractivity contribution in [2.24, 2.45) is 5.73 Å². The summed E-state index contributed by atoms with van der Waals surface area (Å²) in [7, 11) is 0. The van der Waals surface area contributed by atoms with Crippen molar-refractivity contribution in [2.75, 3.05) is 6.54 Å². The Hall–Kier alpha value is -1.08. The molecule has 0 heterocycles. The fourth-order valence-corrected chi connectivity index (χ4v) is 1.46. The van der Waals surface area contributed by atoms with E-state index in [-0.39, 0.29) is 0 Å². The molecule has 0 bridgehead atoms. The maximum atomic E-state index is 5.48. The highest BCUT2D eigenvalue weighted by atomic mass is 14.5. The van der Waals surface area contributed by atoms with Gasteiger partial charge in [0.25, 0.3) is 0 Å². The number of rotatable bonds is 5. The van der Waals surface area contributed by atoms with E-state index < -0.39 is 0 Å². The van der Waals surface area contributed by atoms with Gasteiger partial charge in [-0.2, -0.15) is 0 Å². The Morgan fingerprint density at radius 2 is 2.00 bits per heavy atom. The summed E-state index contributed by atoms with van der Waals surface area (Å²) in [6.45, 7) is 4.61. The lowest BCUT2D eigenvalue weighted by molar-refractivity contribution is 0.685. The molecule has 0 saturated carbocycles. The zero-order valence-electron chi connectivity index (χ0n) is 7.95. The zero-order chi connectivity index (χ0) is 9.52. The van der Waals surface area contributed by atoms with Crippen molar-refractivity contribution >= 4 is 0 Å². The molecule has 0 saturated heterocycles. The first-order valence-corrected chi connectivity index (χ1v) is 4.76. The molecule has 1 atom stereocenters. The van der Waals surface area contributed by atoms with Gasteiger partial charge in [0.15, 0.2) is 0 Å². The molecule has 1 nitrogen and oxygen atoms in total. The Morgan fingerprint density at radius 1 is 1.31 bits per heavy atom. The molecular formula is C12H17N. The van der Waals surface area contributed by atoms with Crippen molar-refractivity contribution in [3.05, 3.63) is 48.6 Å². The van der Waals surface area contributed by atoms with Crippen molar-refractivity contribution in [3.8, 4) is 0 Å². The average molecular weight is 175 g/mol. The second kappa shape index (κ2) is 5.55. The normalized spacial score (nSPS) is 12.4. The summed E-state index contributed by atoms with van der Waals surface area (Å²) in [5, 5.41) is 0. The lowest BCUT2D eigenvalue weighted by atomic mass is 9.94. The van der Waals surface area contributed by atoms with Crippen molar-refractivity contribution in [2.45, 2.75) is 18.8 Å². The topological polar surface area (TPSA) is 26.0 Å². The molecule has 0 spiro atoms. The Bertz CT molecular complexity index is 241. The summed E-state index contributed by atoms with van der Waals surface area (Å²) in [5.74, 6) is 0.463. The molecule has 0 fully saturated rings. The van der Waals surface area contributed by atoms with Crippen LogP contribution in [0.1, 0.15) is 24.3 Å². The minimum atomic E-state index is 0.463. The summed E-state index contributed by atoms with van der Waals surface area (Å²) < 4.78 is 0. The van der Waals surface area contributed by atoms with E-state index in [0.29, 0.717) is 5.92 Å². The van der Waals surface area contributed by atoms with E-state index in [1.165, 1.54) is 5.56 Å². The standard InChI is InChI=1S/C12H17N/c1-2-11(9-6-10-13)12-7-4-3-5-8-12/h2-5,7-8,11H,1,6,9-10,13H2. The van der Waals surface area contributed by atoms with Gasteiger partial charge in [0.05, 0.1) is 0 Å². The number of hydrogen-bond acceptors (Lipinski definition) is 1. The highest BCUT2D eigenvalue weighted by molar-refractivity contribution is 5.22. The fraction of sp³-hybridized carbons (Fsp3) is 0.333. The van der Waals surface area contributed by atoms with Crippen LogP contribution in [0.3, 0.4) is 0 Å². The first-order chi connectivity index (χ1) is 6.38. The van der Waals surface area contributed by atoms with Crippen LogP contribution in [0.4, 0.5) is 0 Å². The highest BCUT2D eigenvalue weighted by Gasteiger charge is 2.04. The highest BCUT2D eigenvalue weighted by Crippen LogP contribution is 2.21. The Kier molecular flexibility index (Phi) is 4.27. The van der Waals surface area contributed by atoms with Crippen molar-refractivity contribution in [3.63, 3.8) is 0 Å². The van der Waals surface area contributed by atoms with E-state index in [1.54, 1.807) is 0 Å². The predicted molar refractivity (Wildman–Crippen MR) is 57.7 cm³/mol. The summed E-state index contributed by atoms with van der Waals surface area (Å²) in [6.07, 6.45) is 4.17. The van der Waals surface area contributed by atoms with Gasteiger partial charge in [0.2, 0.25) is 0 Å². The first kappa shape index (κ1) is 10.0. The van der Waals surface area contributed by atoms with Crippen LogP contribution in [0.25, 0.3) is 0 Å². The molecule has 0 aliphatic heterocycles. The number of hydrogen-bond donors (Lipinski definition) is 1. The van der Waals surface area contributed by atoms with Gasteiger partial charge in [-0.3, -0.25) is 0 Å². The summed E-state index contributed by atoms with van der Waals surface area (Å²) in [6, 6.07) is 10.4. The van der Waals surface area contributed by atoms with Gasteiger partial charge in [-0.15, -0.1) is 6.58 Å². The maximum Gasteiger partial charge on any atom is 0.00157 e. The molecule has 0 radical (unpaired) electrons. The van der Waals surface area contributed by atoms with Crippen LogP contribution in [-0.4, -0.2) is 6.54 Å². The SMILES string of the molecule is C=CC(CCCN)c1ccccc1. The van der Waals surface area contributed by atoms with Gasteiger partial charge in [-0.1, -0.05) is 36.4 Å². The molecule has 1 heteroatoms. The smallest absolute Gasteiger partial charge is 0.00157 e. The number of allylic oxidation sites excluding steroid dienone is 1. The molecule has 13 heavy (non-hydrogen) atoms. The summed E-state index contributed by atoms with van der Waals surface area (Å²) >= 11 is 0. The molecule has 1 aromatic rings. The van der Waals surface area contributed by atoms with E-state index in [1.807, 2.05) is 12.1 Å². The van der Waals surface area contributed by atoms with E-state index in [9.17, 15) is 0 Å². The molecule has 0 aromatic heterocycles. The van der Waals surface area contributed by atoms with E-state index in [0.717, 1.165) is 19.4 Å². The van der Waals surface area contributed by atoms with Gasteiger partial charge in [-0.05, 0) is 24.9 Å². The summed E-state index contributed by atoms with van der Waals surface area (Å²) in [5.41, 5.74) is 6.81. The lowest BCUT2D eigenvalue weighted by Crippen LogP contribution is -2.02. The van der Waals surface area contributed by atoms with Crippen LogP contribution < -0.4 is 5.73 Å². The maximum absolute atomic E-state index is 5.48. The third kappa shape index (κ3) is 3.03. The second-order valence-electron chi connectivity index (χ2n) is 3.18. The van der Waals surface area contributed by atoms with Crippen molar-refractivity contribution < 1.29 is 0 Å². The van der Waals surface area contributed by atoms with Crippen molar-refractivity contribution in [1.82, 2.24) is 0 Å². The number of benzene rings is 1. The number of nitrogens with two attached hydrogens (primary N) is 1. The summed E-state index contributed by atoms with van der Waals surface area (Å²) in [4.78, 5) is 0. The molecule has 0 amide bonds. The second-order valence-corrected chi connectivity index (χ2v) is 3.18. The van der Waals surface area contributed by atoms with Crippen LogP contribution in [0.5, 0.6) is 0 Å². The van der Waals surface area contributed by atoms with Gasteiger partial charge >= 0.3 is 0 Å². The molecular weight excluding hydrogens is 158 g/mol. The lowest BCUT2D eigenvalue weighted by Gasteiger charge is -2.11. The fourth-order valence-electron chi connectivity index (χ4n) is 1.46. The third-order valence-electron chi connectivity index (χ3n) is 2.23. The Morgan fingerprint density at radius 3 is 2.54 bits per heavy atom. The molecule has 0 aliphatic carbocycles. The van der Waals surface area contributed by atoms with Gasteiger partial charge < -0.3 is 5.73 Å². The Balaban J connectivity index is 2.61. The first-order valence-electron chi connectivity index (χ1n) is 4.76. The minimum absolute atomic E-state index is 0.463. The minimum Gasteiger partial charge on any atom is -0.330 e. The molecule has 1 unspecified atom stereocenters. The molecule has 0 aliphatic rings. The molecule has 2 N–H and O–H groups in total. The van der Waals surface area contributed by atoms with Crippen LogP contribution in [-0.2, 0) is 0 Å². The Labute approximate surface area is 80.3 Å². The van der Waals surface area contributed by atoms with E-state index in [2.05, 4.69) is 30.8 Å². The molecule has 70 valence electrons. The van der Waals surface area contributed by atoms with Gasteiger partial charge in [0, 0.05) is 5.92 Å². The van der Waals surface area contributed by atoms with Crippen LogP contribution >= 0.6 is 0 Å². The molecule has 1 aromatic carbocycles.